The Kier molecular flexibility index (Phi) is 5.83. The maximum Gasteiger partial charge on any atom is 0.236 e. The Balaban J connectivity index is 2.70. The lowest BCUT2D eigenvalue weighted by molar-refractivity contribution is -0.123. The molecule has 1 amide bonds. The number of carbonyl (C=O) groups is 1. The predicted molar refractivity (Wildman–Crippen MR) is 77.0 cm³/mol. The van der Waals surface area contributed by atoms with Crippen LogP contribution in [0.25, 0.3) is 0 Å². The number of nitrogens with one attached hydrogen (secondary N) is 2. The van der Waals surface area contributed by atoms with Crippen LogP contribution < -0.4 is 10.6 Å². The Labute approximate surface area is 115 Å². The molecule has 3 N–H and O–H groups in total. The average molecular weight is 264 g/mol. The minimum atomic E-state index is -0.232. The van der Waals surface area contributed by atoms with Crippen LogP contribution in [0.4, 0.5) is 0 Å². The lowest BCUT2D eigenvalue weighted by Crippen LogP contribution is -2.43. The fourth-order valence-electron chi connectivity index (χ4n) is 2.02. The number of rotatable bonds is 6. The van der Waals surface area contributed by atoms with Gasteiger partial charge >= 0.3 is 0 Å². The minimum Gasteiger partial charge on any atom is -0.507 e. The maximum atomic E-state index is 11.8. The van der Waals surface area contributed by atoms with Crippen LogP contribution in [0.15, 0.2) is 18.2 Å². The first kappa shape index (κ1) is 15.5. The summed E-state index contributed by atoms with van der Waals surface area (Å²) in [5.74, 6) is 0.719. The van der Waals surface area contributed by atoms with Crippen molar-refractivity contribution in [2.24, 2.45) is 5.92 Å². The molecule has 1 rings (SSSR count). The van der Waals surface area contributed by atoms with Crippen molar-refractivity contribution in [1.29, 1.82) is 0 Å². The molecule has 0 bridgehead atoms. The molecule has 0 fully saturated rings. The summed E-state index contributed by atoms with van der Waals surface area (Å²) in [6.07, 6.45) is 0.770. The molecular weight excluding hydrogens is 240 g/mol. The van der Waals surface area contributed by atoms with Gasteiger partial charge in [-0.3, -0.25) is 4.79 Å². The molecule has 0 aliphatic heterocycles. The molecule has 0 saturated carbocycles. The van der Waals surface area contributed by atoms with Crippen LogP contribution in [0.5, 0.6) is 5.75 Å². The van der Waals surface area contributed by atoms with Gasteiger partial charge in [0.1, 0.15) is 5.75 Å². The van der Waals surface area contributed by atoms with E-state index in [1.807, 2.05) is 25.1 Å². The lowest BCUT2D eigenvalue weighted by Gasteiger charge is -2.19. The summed E-state index contributed by atoms with van der Waals surface area (Å²) in [6, 6.07) is 5.41. The number of carbonyl (C=O) groups excluding carboxylic acids is 1. The molecule has 0 heterocycles. The highest BCUT2D eigenvalue weighted by molar-refractivity contribution is 5.81. The van der Waals surface area contributed by atoms with Gasteiger partial charge in [-0.05, 0) is 24.8 Å². The van der Waals surface area contributed by atoms with Gasteiger partial charge in [-0.15, -0.1) is 0 Å². The number of hydrogen-bond acceptors (Lipinski definition) is 3. The van der Waals surface area contributed by atoms with Gasteiger partial charge in [0, 0.05) is 19.2 Å². The Bertz CT molecular complexity index is 430. The topological polar surface area (TPSA) is 61.4 Å². The van der Waals surface area contributed by atoms with E-state index in [4.69, 9.17) is 0 Å². The van der Waals surface area contributed by atoms with Crippen LogP contribution in [-0.2, 0) is 11.3 Å². The molecule has 1 atom stereocenters. The van der Waals surface area contributed by atoms with Crippen LogP contribution in [0, 0.1) is 12.8 Å². The van der Waals surface area contributed by atoms with Crippen molar-refractivity contribution in [2.75, 3.05) is 7.05 Å². The van der Waals surface area contributed by atoms with Crippen LogP contribution in [0.3, 0.4) is 0 Å². The van der Waals surface area contributed by atoms with Gasteiger partial charge in [0.25, 0.3) is 0 Å². The summed E-state index contributed by atoms with van der Waals surface area (Å²) in [5.41, 5.74) is 1.66. The van der Waals surface area contributed by atoms with E-state index in [1.165, 1.54) is 0 Å². The molecule has 0 aliphatic rings. The third kappa shape index (κ3) is 4.56. The molecule has 4 nitrogen and oxygen atoms in total. The van der Waals surface area contributed by atoms with E-state index >= 15 is 0 Å². The fourth-order valence-corrected chi connectivity index (χ4v) is 2.02. The summed E-state index contributed by atoms with van der Waals surface area (Å²) < 4.78 is 0. The molecular formula is C15H24N2O2. The molecule has 0 aliphatic carbocycles. The zero-order valence-electron chi connectivity index (χ0n) is 12.2. The number of para-hydroxylation sites is 1. The molecule has 1 unspecified atom stereocenters. The van der Waals surface area contributed by atoms with Crippen molar-refractivity contribution in [3.05, 3.63) is 29.3 Å². The van der Waals surface area contributed by atoms with E-state index in [2.05, 4.69) is 24.5 Å². The number of phenolic OH excluding ortho intramolecular Hbond substituents is 1. The Morgan fingerprint density at radius 1 is 1.37 bits per heavy atom. The normalized spacial score (nSPS) is 12.5. The van der Waals surface area contributed by atoms with Crippen molar-refractivity contribution in [1.82, 2.24) is 10.6 Å². The highest BCUT2D eigenvalue weighted by atomic mass is 16.3. The molecule has 0 aromatic heterocycles. The second-order valence-electron chi connectivity index (χ2n) is 5.26. The minimum absolute atomic E-state index is 0.0131. The summed E-state index contributed by atoms with van der Waals surface area (Å²) in [5, 5.41) is 15.8. The monoisotopic (exact) mass is 264 g/mol. The number of aryl methyl sites for hydroxylation is 1. The van der Waals surface area contributed by atoms with Crippen molar-refractivity contribution in [3.8, 4) is 5.75 Å². The first-order valence-electron chi connectivity index (χ1n) is 6.68. The van der Waals surface area contributed by atoms with E-state index in [0.717, 1.165) is 17.5 Å². The van der Waals surface area contributed by atoms with Crippen molar-refractivity contribution in [3.63, 3.8) is 0 Å². The predicted octanol–water partition coefficient (Wildman–Crippen LogP) is 1.95. The van der Waals surface area contributed by atoms with Gasteiger partial charge in [0.05, 0.1) is 6.04 Å². The number of likely N-dealkylation sites (N-methyl/N-ethyl adjacent to an activating group) is 1. The highest BCUT2D eigenvalue weighted by Gasteiger charge is 2.18. The SMILES string of the molecule is CNC(=O)C(CC(C)C)NCc1cccc(C)c1O. The summed E-state index contributed by atoms with van der Waals surface area (Å²) in [6.45, 7) is 6.52. The maximum absolute atomic E-state index is 11.8. The van der Waals surface area contributed by atoms with Gasteiger partial charge in [-0.2, -0.15) is 0 Å². The number of hydrogen-bond donors (Lipinski definition) is 3. The molecule has 0 saturated heterocycles. The molecule has 19 heavy (non-hydrogen) atoms. The number of benzene rings is 1. The molecule has 1 aromatic rings. The van der Waals surface area contributed by atoms with E-state index in [0.29, 0.717) is 18.2 Å². The first-order chi connectivity index (χ1) is 8.95. The van der Waals surface area contributed by atoms with E-state index < -0.39 is 0 Å². The largest absolute Gasteiger partial charge is 0.507 e. The zero-order chi connectivity index (χ0) is 14.4. The number of aromatic hydroxyl groups is 1. The van der Waals surface area contributed by atoms with E-state index in [9.17, 15) is 9.90 Å². The summed E-state index contributed by atoms with van der Waals surface area (Å²) in [4.78, 5) is 11.8. The molecule has 4 heteroatoms. The summed E-state index contributed by atoms with van der Waals surface area (Å²) >= 11 is 0. The first-order valence-corrected chi connectivity index (χ1v) is 6.68. The molecule has 0 radical (unpaired) electrons. The second-order valence-corrected chi connectivity index (χ2v) is 5.26. The molecule has 0 spiro atoms. The van der Waals surface area contributed by atoms with Gasteiger partial charge in [0.15, 0.2) is 0 Å². The fraction of sp³-hybridized carbons (Fsp3) is 0.533. The average Bonchev–Trinajstić information content (AvgIpc) is 2.37. The Morgan fingerprint density at radius 2 is 2.05 bits per heavy atom. The van der Waals surface area contributed by atoms with Crippen LogP contribution in [0.2, 0.25) is 0 Å². The van der Waals surface area contributed by atoms with Crippen LogP contribution in [-0.4, -0.2) is 24.1 Å². The van der Waals surface area contributed by atoms with Gasteiger partial charge in [-0.25, -0.2) is 0 Å². The standard InChI is InChI=1S/C15H24N2O2/c1-10(2)8-13(15(19)16-4)17-9-12-7-5-6-11(3)14(12)18/h5-7,10,13,17-18H,8-9H2,1-4H3,(H,16,19). The van der Waals surface area contributed by atoms with Gasteiger partial charge in [-0.1, -0.05) is 32.0 Å². The van der Waals surface area contributed by atoms with E-state index in [-0.39, 0.29) is 11.9 Å². The smallest absolute Gasteiger partial charge is 0.236 e. The van der Waals surface area contributed by atoms with Gasteiger partial charge < -0.3 is 15.7 Å². The number of phenols is 1. The zero-order valence-corrected chi connectivity index (χ0v) is 12.2. The molecule has 106 valence electrons. The second kappa shape index (κ2) is 7.14. The van der Waals surface area contributed by atoms with Crippen LogP contribution in [0.1, 0.15) is 31.4 Å². The summed E-state index contributed by atoms with van der Waals surface area (Å²) in [7, 11) is 1.64. The third-order valence-corrected chi connectivity index (χ3v) is 3.13. The molecule has 1 aromatic carbocycles. The van der Waals surface area contributed by atoms with Gasteiger partial charge in [0.2, 0.25) is 5.91 Å². The lowest BCUT2D eigenvalue weighted by atomic mass is 10.0. The van der Waals surface area contributed by atoms with E-state index in [1.54, 1.807) is 7.05 Å². The van der Waals surface area contributed by atoms with Crippen LogP contribution >= 0.6 is 0 Å². The van der Waals surface area contributed by atoms with Crippen molar-refractivity contribution >= 4 is 5.91 Å². The quantitative estimate of drug-likeness (QED) is 0.736. The third-order valence-electron chi connectivity index (χ3n) is 3.13. The number of amides is 1. The highest BCUT2D eigenvalue weighted by Crippen LogP contribution is 2.21. The Morgan fingerprint density at radius 3 is 2.63 bits per heavy atom. The van der Waals surface area contributed by atoms with Crippen molar-refractivity contribution < 1.29 is 9.90 Å². The van der Waals surface area contributed by atoms with Crippen molar-refractivity contribution in [2.45, 2.75) is 39.8 Å². The Hall–Kier alpha value is -1.55.